The molecule has 0 aliphatic heterocycles. The van der Waals surface area contributed by atoms with Gasteiger partial charge < -0.3 is 5.32 Å². The summed E-state index contributed by atoms with van der Waals surface area (Å²) < 4.78 is 4.25. The summed E-state index contributed by atoms with van der Waals surface area (Å²) in [7, 11) is 0. The molecule has 1 unspecified atom stereocenters. The molecule has 120 valence electrons. The zero-order valence-electron chi connectivity index (χ0n) is 14.1. The summed E-state index contributed by atoms with van der Waals surface area (Å²) >= 11 is 1.61. The molecule has 1 aliphatic rings. The van der Waals surface area contributed by atoms with Gasteiger partial charge >= 0.3 is 0 Å². The largest absolute Gasteiger partial charge is 0.309 e. The molecule has 1 heterocycles. The zero-order valence-corrected chi connectivity index (χ0v) is 14.9. The van der Waals surface area contributed by atoms with Gasteiger partial charge in [0.15, 0.2) is 0 Å². The fourth-order valence-electron chi connectivity index (χ4n) is 3.52. The van der Waals surface area contributed by atoms with Crippen LogP contribution in [0.25, 0.3) is 0 Å². The van der Waals surface area contributed by atoms with Crippen LogP contribution in [0, 0.1) is 11.8 Å². The Labute approximate surface area is 134 Å². The lowest BCUT2D eigenvalue weighted by atomic mass is 9.77. The number of nitrogens with zero attached hydrogens (tertiary/aromatic N) is 2. The number of hydrogen-bond donors (Lipinski definition) is 1. The molecule has 1 saturated carbocycles. The van der Waals surface area contributed by atoms with Gasteiger partial charge in [0.05, 0.1) is 10.6 Å². The minimum atomic E-state index is 0.469. The molecule has 0 aromatic carbocycles. The van der Waals surface area contributed by atoms with Crippen LogP contribution in [0.15, 0.2) is 0 Å². The number of hydrogen-bond acceptors (Lipinski definition) is 4. The van der Waals surface area contributed by atoms with Crippen LogP contribution in [0.4, 0.5) is 0 Å². The topological polar surface area (TPSA) is 37.8 Å². The molecular weight excluding hydrogens is 278 g/mol. The summed E-state index contributed by atoms with van der Waals surface area (Å²) in [5.74, 6) is 2.19. The first kappa shape index (κ1) is 16.9. The molecule has 1 atom stereocenters. The summed E-state index contributed by atoms with van der Waals surface area (Å²) in [6.07, 6.45) is 8.04. The molecule has 0 radical (unpaired) electrons. The molecule has 1 fully saturated rings. The molecule has 0 bridgehead atoms. The van der Waals surface area contributed by atoms with Crippen molar-refractivity contribution >= 4 is 11.5 Å². The lowest BCUT2D eigenvalue weighted by Crippen LogP contribution is -2.31. The summed E-state index contributed by atoms with van der Waals surface area (Å²) in [6, 6.07) is 0.472. The standard InChI is InChI=1S/C17H31N3S/c1-5-11-18-16(14-9-7-13(6-2)8-10-14)17-15(12(3)4)19-20-21-17/h12-14,16,18H,5-11H2,1-4H3. The van der Waals surface area contributed by atoms with Gasteiger partial charge in [0.2, 0.25) is 0 Å². The Hall–Kier alpha value is -0.480. The van der Waals surface area contributed by atoms with E-state index in [1.165, 1.54) is 49.1 Å². The summed E-state index contributed by atoms with van der Waals surface area (Å²) in [6.45, 7) is 10.1. The average molecular weight is 310 g/mol. The SMILES string of the molecule is CCCNC(c1snnc1C(C)C)C1CCC(CC)CC1. The predicted molar refractivity (Wildman–Crippen MR) is 90.8 cm³/mol. The van der Waals surface area contributed by atoms with Crippen molar-refractivity contribution in [1.29, 1.82) is 0 Å². The summed E-state index contributed by atoms with van der Waals surface area (Å²) in [5.41, 5.74) is 1.21. The van der Waals surface area contributed by atoms with Gasteiger partial charge in [-0.1, -0.05) is 51.4 Å². The van der Waals surface area contributed by atoms with Crippen molar-refractivity contribution in [3.63, 3.8) is 0 Å². The van der Waals surface area contributed by atoms with Crippen LogP contribution >= 0.6 is 11.5 Å². The first-order valence-electron chi connectivity index (χ1n) is 8.72. The lowest BCUT2D eigenvalue weighted by molar-refractivity contribution is 0.219. The molecule has 3 nitrogen and oxygen atoms in total. The highest BCUT2D eigenvalue weighted by Crippen LogP contribution is 2.40. The monoisotopic (exact) mass is 309 g/mol. The highest BCUT2D eigenvalue weighted by molar-refractivity contribution is 7.05. The normalized spacial score (nSPS) is 24.4. The van der Waals surface area contributed by atoms with Crippen molar-refractivity contribution in [2.75, 3.05) is 6.54 Å². The first-order valence-corrected chi connectivity index (χ1v) is 9.50. The predicted octanol–water partition coefficient (Wildman–Crippen LogP) is 4.92. The zero-order chi connectivity index (χ0) is 15.2. The van der Waals surface area contributed by atoms with Crippen LogP contribution < -0.4 is 5.32 Å². The number of aromatic nitrogens is 2. The molecule has 2 rings (SSSR count). The van der Waals surface area contributed by atoms with E-state index in [9.17, 15) is 0 Å². The Balaban J connectivity index is 2.12. The van der Waals surface area contributed by atoms with Crippen LogP contribution in [0.1, 0.15) is 88.8 Å². The number of rotatable bonds is 7. The minimum Gasteiger partial charge on any atom is -0.309 e. The van der Waals surface area contributed by atoms with E-state index in [-0.39, 0.29) is 0 Å². The third-order valence-corrected chi connectivity index (χ3v) is 5.75. The van der Waals surface area contributed by atoms with E-state index >= 15 is 0 Å². The Morgan fingerprint density at radius 1 is 1.19 bits per heavy atom. The molecule has 0 spiro atoms. The smallest absolute Gasteiger partial charge is 0.0829 e. The second-order valence-electron chi connectivity index (χ2n) is 6.80. The Morgan fingerprint density at radius 3 is 2.48 bits per heavy atom. The Bertz CT molecular complexity index is 408. The third-order valence-electron chi connectivity index (χ3n) is 4.92. The second kappa shape index (κ2) is 8.23. The molecule has 1 aromatic rings. The van der Waals surface area contributed by atoms with Gasteiger partial charge in [0, 0.05) is 6.04 Å². The Kier molecular flexibility index (Phi) is 6.62. The van der Waals surface area contributed by atoms with E-state index in [0.29, 0.717) is 12.0 Å². The van der Waals surface area contributed by atoms with Crippen LogP contribution in [-0.2, 0) is 0 Å². The quantitative estimate of drug-likeness (QED) is 0.777. The van der Waals surface area contributed by atoms with Crippen molar-refractivity contribution < 1.29 is 0 Å². The minimum absolute atomic E-state index is 0.469. The molecular formula is C17H31N3S. The first-order chi connectivity index (χ1) is 10.2. The van der Waals surface area contributed by atoms with E-state index in [2.05, 4.69) is 42.6 Å². The highest BCUT2D eigenvalue weighted by Gasteiger charge is 2.31. The van der Waals surface area contributed by atoms with Crippen molar-refractivity contribution in [2.24, 2.45) is 11.8 Å². The molecule has 4 heteroatoms. The third kappa shape index (κ3) is 4.26. The van der Waals surface area contributed by atoms with Crippen molar-refractivity contribution in [1.82, 2.24) is 14.9 Å². The van der Waals surface area contributed by atoms with Gasteiger partial charge in [-0.25, -0.2) is 0 Å². The van der Waals surface area contributed by atoms with Gasteiger partial charge in [0.1, 0.15) is 0 Å². The van der Waals surface area contributed by atoms with E-state index in [4.69, 9.17) is 0 Å². The van der Waals surface area contributed by atoms with Crippen LogP contribution in [-0.4, -0.2) is 16.1 Å². The number of nitrogens with one attached hydrogen (secondary N) is 1. The van der Waals surface area contributed by atoms with E-state index in [1.54, 1.807) is 11.5 Å². The van der Waals surface area contributed by atoms with E-state index < -0.39 is 0 Å². The molecule has 1 N–H and O–H groups in total. The van der Waals surface area contributed by atoms with E-state index in [1.807, 2.05) is 0 Å². The Morgan fingerprint density at radius 2 is 1.90 bits per heavy atom. The summed E-state index contributed by atoms with van der Waals surface area (Å²) in [4.78, 5) is 1.40. The highest BCUT2D eigenvalue weighted by atomic mass is 32.1. The lowest BCUT2D eigenvalue weighted by Gasteiger charge is -2.34. The van der Waals surface area contributed by atoms with Crippen LogP contribution in [0.3, 0.4) is 0 Å². The summed E-state index contributed by atoms with van der Waals surface area (Å²) in [5, 5.41) is 8.20. The van der Waals surface area contributed by atoms with Crippen molar-refractivity contribution in [3.8, 4) is 0 Å². The van der Waals surface area contributed by atoms with Gasteiger partial charge in [-0.3, -0.25) is 0 Å². The van der Waals surface area contributed by atoms with Gasteiger partial charge in [-0.05, 0) is 55.1 Å². The van der Waals surface area contributed by atoms with Crippen molar-refractivity contribution in [3.05, 3.63) is 10.6 Å². The molecule has 1 aromatic heterocycles. The average Bonchev–Trinajstić information content (AvgIpc) is 2.98. The van der Waals surface area contributed by atoms with Crippen LogP contribution in [0.5, 0.6) is 0 Å². The molecule has 0 saturated heterocycles. The molecule has 0 amide bonds. The maximum Gasteiger partial charge on any atom is 0.0829 e. The van der Waals surface area contributed by atoms with Gasteiger partial charge in [0.25, 0.3) is 0 Å². The van der Waals surface area contributed by atoms with Crippen molar-refractivity contribution in [2.45, 2.75) is 78.2 Å². The van der Waals surface area contributed by atoms with Gasteiger partial charge in [-0.15, -0.1) is 5.10 Å². The maximum atomic E-state index is 4.40. The van der Waals surface area contributed by atoms with Crippen LogP contribution in [0.2, 0.25) is 0 Å². The molecule has 21 heavy (non-hydrogen) atoms. The fraction of sp³-hybridized carbons (Fsp3) is 0.882. The van der Waals surface area contributed by atoms with E-state index in [0.717, 1.165) is 18.4 Å². The maximum absolute atomic E-state index is 4.40. The second-order valence-corrected chi connectivity index (χ2v) is 7.58. The fourth-order valence-corrected chi connectivity index (χ4v) is 4.50. The van der Waals surface area contributed by atoms with Gasteiger partial charge in [-0.2, -0.15) is 0 Å². The molecule has 1 aliphatic carbocycles.